The Morgan fingerprint density at radius 1 is 1.55 bits per heavy atom. The molecular weight excluding hydrogens is 142 g/mol. The number of methoxy groups -OCH3 is 1. The van der Waals surface area contributed by atoms with Gasteiger partial charge < -0.3 is 10.5 Å². The molecule has 0 aromatic carbocycles. The maximum Gasteiger partial charge on any atom is 0.305 e. The number of carbonyl (C=O) groups is 1. The van der Waals surface area contributed by atoms with Crippen LogP contribution in [0.3, 0.4) is 0 Å². The first-order valence-corrected chi connectivity index (χ1v) is 3.88. The maximum absolute atomic E-state index is 10.8. The lowest BCUT2D eigenvalue weighted by Gasteiger charge is -2.16. The van der Waals surface area contributed by atoms with E-state index in [-0.39, 0.29) is 11.9 Å². The van der Waals surface area contributed by atoms with Crippen molar-refractivity contribution in [2.24, 2.45) is 17.6 Å². The topological polar surface area (TPSA) is 52.3 Å². The summed E-state index contributed by atoms with van der Waals surface area (Å²) in [6, 6.07) is 0. The minimum atomic E-state index is -0.172. The minimum absolute atomic E-state index is 0.172. The van der Waals surface area contributed by atoms with Crippen molar-refractivity contribution in [1.29, 1.82) is 0 Å². The molecule has 11 heavy (non-hydrogen) atoms. The van der Waals surface area contributed by atoms with Crippen LogP contribution in [0.1, 0.15) is 20.3 Å². The van der Waals surface area contributed by atoms with E-state index in [1.807, 2.05) is 0 Å². The van der Waals surface area contributed by atoms with E-state index in [0.29, 0.717) is 18.9 Å². The van der Waals surface area contributed by atoms with Crippen molar-refractivity contribution in [3.63, 3.8) is 0 Å². The number of nitrogens with two attached hydrogens (primary N) is 1. The van der Waals surface area contributed by atoms with Gasteiger partial charge in [-0.25, -0.2) is 0 Å². The highest BCUT2D eigenvalue weighted by Gasteiger charge is 2.15. The number of hydrogen-bond donors (Lipinski definition) is 1. The van der Waals surface area contributed by atoms with Gasteiger partial charge in [0.25, 0.3) is 0 Å². The van der Waals surface area contributed by atoms with Crippen LogP contribution in [0.25, 0.3) is 0 Å². The molecule has 66 valence electrons. The summed E-state index contributed by atoms with van der Waals surface area (Å²) in [7, 11) is 1.40. The molecule has 0 heterocycles. The Kier molecular flexibility index (Phi) is 4.86. The second-order valence-electron chi connectivity index (χ2n) is 3.02. The van der Waals surface area contributed by atoms with Gasteiger partial charge >= 0.3 is 5.97 Å². The molecule has 0 rings (SSSR count). The molecule has 0 aliphatic rings. The molecule has 1 unspecified atom stereocenters. The monoisotopic (exact) mass is 159 g/mol. The first kappa shape index (κ1) is 10.4. The molecule has 0 aromatic heterocycles. The Bertz CT molecular complexity index is 123. The zero-order valence-electron chi connectivity index (χ0n) is 7.46. The van der Waals surface area contributed by atoms with Crippen LogP contribution in [0, 0.1) is 11.8 Å². The smallest absolute Gasteiger partial charge is 0.305 e. The Hall–Kier alpha value is -0.570. The van der Waals surface area contributed by atoms with Crippen LogP contribution >= 0.6 is 0 Å². The Labute approximate surface area is 67.9 Å². The molecule has 0 bridgehead atoms. The summed E-state index contributed by atoms with van der Waals surface area (Å²) in [5.41, 5.74) is 5.47. The molecule has 0 fully saturated rings. The van der Waals surface area contributed by atoms with E-state index in [4.69, 9.17) is 5.73 Å². The van der Waals surface area contributed by atoms with E-state index in [0.717, 1.165) is 0 Å². The van der Waals surface area contributed by atoms with Gasteiger partial charge in [0.15, 0.2) is 0 Å². The molecule has 2 N–H and O–H groups in total. The zero-order valence-corrected chi connectivity index (χ0v) is 7.46. The quantitative estimate of drug-likeness (QED) is 0.617. The molecule has 0 aliphatic carbocycles. The van der Waals surface area contributed by atoms with Gasteiger partial charge in [0.05, 0.1) is 7.11 Å². The molecule has 0 spiro atoms. The summed E-state index contributed by atoms with van der Waals surface area (Å²) in [6.45, 7) is 4.66. The molecule has 0 saturated heterocycles. The van der Waals surface area contributed by atoms with Crippen LogP contribution in [-0.4, -0.2) is 19.6 Å². The van der Waals surface area contributed by atoms with Crippen molar-refractivity contribution in [1.82, 2.24) is 0 Å². The van der Waals surface area contributed by atoms with E-state index >= 15 is 0 Å². The van der Waals surface area contributed by atoms with Gasteiger partial charge in [-0.3, -0.25) is 4.79 Å². The van der Waals surface area contributed by atoms with Gasteiger partial charge in [-0.15, -0.1) is 0 Å². The van der Waals surface area contributed by atoms with Gasteiger partial charge in [0.1, 0.15) is 0 Å². The van der Waals surface area contributed by atoms with E-state index in [1.54, 1.807) is 0 Å². The second-order valence-corrected chi connectivity index (χ2v) is 3.02. The van der Waals surface area contributed by atoms with Gasteiger partial charge in [0, 0.05) is 6.42 Å². The Morgan fingerprint density at radius 3 is 2.36 bits per heavy atom. The fraction of sp³-hybridized carbons (Fsp3) is 0.875. The fourth-order valence-electron chi connectivity index (χ4n) is 0.889. The predicted molar refractivity (Wildman–Crippen MR) is 44.0 cm³/mol. The minimum Gasteiger partial charge on any atom is -0.469 e. The summed E-state index contributed by atoms with van der Waals surface area (Å²) >= 11 is 0. The highest BCUT2D eigenvalue weighted by molar-refractivity contribution is 5.69. The molecule has 3 nitrogen and oxygen atoms in total. The van der Waals surface area contributed by atoms with Crippen LogP contribution in [0.5, 0.6) is 0 Å². The maximum atomic E-state index is 10.8. The van der Waals surface area contributed by atoms with Crippen LogP contribution in [-0.2, 0) is 9.53 Å². The van der Waals surface area contributed by atoms with Crippen molar-refractivity contribution in [3.05, 3.63) is 0 Å². The first-order chi connectivity index (χ1) is 5.11. The number of hydrogen-bond acceptors (Lipinski definition) is 3. The third-order valence-electron chi connectivity index (χ3n) is 1.90. The number of carbonyl (C=O) groups excluding carboxylic acids is 1. The van der Waals surface area contributed by atoms with E-state index in [1.165, 1.54) is 7.11 Å². The number of esters is 1. The Balaban J connectivity index is 3.78. The molecule has 0 aliphatic heterocycles. The second kappa shape index (κ2) is 5.13. The number of rotatable bonds is 4. The van der Waals surface area contributed by atoms with E-state index < -0.39 is 0 Å². The fourth-order valence-corrected chi connectivity index (χ4v) is 0.889. The summed E-state index contributed by atoms with van der Waals surface area (Å²) in [4.78, 5) is 10.8. The van der Waals surface area contributed by atoms with E-state index in [2.05, 4.69) is 18.6 Å². The van der Waals surface area contributed by atoms with Gasteiger partial charge in [-0.1, -0.05) is 13.8 Å². The molecule has 3 heteroatoms. The third-order valence-corrected chi connectivity index (χ3v) is 1.90. The van der Waals surface area contributed by atoms with Crippen LogP contribution < -0.4 is 5.73 Å². The highest BCUT2D eigenvalue weighted by Crippen LogP contribution is 2.13. The summed E-state index contributed by atoms with van der Waals surface area (Å²) < 4.78 is 4.54. The van der Waals surface area contributed by atoms with Crippen LogP contribution in [0.15, 0.2) is 0 Å². The lowest BCUT2D eigenvalue weighted by molar-refractivity contribution is -0.142. The van der Waals surface area contributed by atoms with Crippen molar-refractivity contribution < 1.29 is 9.53 Å². The van der Waals surface area contributed by atoms with Crippen molar-refractivity contribution in [2.45, 2.75) is 20.3 Å². The van der Waals surface area contributed by atoms with Crippen LogP contribution in [0.2, 0.25) is 0 Å². The van der Waals surface area contributed by atoms with Crippen molar-refractivity contribution in [3.8, 4) is 0 Å². The SMILES string of the molecule is COC(=O)CC(CN)C(C)C. The van der Waals surface area contributed by atoms with Crippen molar-refractivity contribution in [2.75, 3.05) is 13.7 Å². The lowest BCUT2D eigenvalue weighted by atomic mass is 9.93. The highest BCUT2D eigenvalue weighted by atomic mass is 16.5. The molecule has 0 radical (unpaired) electrons. The molecule has 0 amide bonds. The summed E-state index contributed by atoms with van der Waals surface area (Å²) in [6.07, 6.45) is 0.435. The standard InChI is InChI=1S/C8H17NO2/c1-6(2)7(5-9)4-8(10)11-3/h6-7H,4-5,9H2,1-3H3. The molecular formula is C8H17NO2. The van der Waals surface area contributed by atoms with Crippen molar-refractivity contribution >= 4 is 5.97 Å². The molecule has 1 atom stereocenters. The predicted octanol–water partition coefficient (Wildman–Crippen LogP) is 0.780. The Morgan fingerprint density at radius 2 is 2.09 bits per heavy atom. The van der Waals surface area contributed by atoms with Gasteiger partial charge in [-0.05, 0) is 18.4 Å². The molecule has 0 aromatic rings. The lowest BCUT2D eigenvalue weighted by Crippen LogP contribution is -2.23. The number of ether oxygens (including phenoxy) is 1. The van der Waals surface area contributed by atoms with Crippen LogP contribution in [0.4, 0.5) is 0 Å². The largest absolute Gasteiger partial charge is 0.469 e. The first-order valence-electron chi connectivity index (χ1n) is 3.88. The van der Waals surface area contributed by atoms with Gasteiger partial charge in [-0.2, -0.15) is 0 Å². The average Bonchev–Trinajstić information content (AvgIpc) is 1.99. The summed E-state index contributed by atoms with van der Waals surface area (Å²) in [5.74, 6) is 0.524. The normalized spacial score (nSPS) is 13.2. The van der Waals surface area contributed by atoms with E-state index in [9.17, 15) is 4.79 Å². The molecule has 0 saturated carbocycles. The van der Waals surface area contributed by atoms with Gasteiger partial charge in [0.2, 0.25) is 0 Å². The summed E-state index contributed by atoms with van der Waals surface area (Å²) in [5, 5.41) is 0. The average molecular weight is 159 g/mol. The third kappa shape index (κ3) is 3.98. The zero-order chi connectivity index (χ0) is 8.85.